The number of carbonyl (C=O) groups excluding carboxylic acids is 1. The summed E-state index contributed by atoms with van der Waals surface area (Å²) >= 11 is 0. The van der Waals surface area contributed by atoms with Gasteiger partial charge in [0, 0.05) is 32.7 Å². The molecule has 0 atom stereocenters. The second kappa shape index (κ2) is 5.51. The third kappa shape index (κ3) is 3.17. The first-order valence-electron chi connectivity index (χ1n) is 6.34. The topological polar surface area (TPSA) is 69.7 Å². The van der Waals surface area contributed by atoms with E-state index in [4.69, 9.17) is 0 Å². The minimum Gasteiger partial charge on any atom is -0.302 e. The summed E-state index contributed by atoms with van der Waals surface area (Å²) in [5.74, 6) is -0.597. The number of carbonyl (C=O) groups is 1. The van der Waals surface area contributed by atoms with Crippen molar-refractivity contribution in [3.63, 3.8) is 0 Å². The first-order chi connectivity index (χ1) is 9.29. The Kier molecular flexibility index (Phi) is 4.12. The van der Waals surface area contributed by atoms with Gasteiger partial charge in [0.2, 0.25) is 0 Å². The summed E-state index contributed by atoms with van der Waals surface area (Å²) in [6.45, 7) is 1.79. The maximum atomic E-state index is 12.0. The van der Waals surface area contributed by atoms with E-state index in [9.17, 15) is 13.2 Å². The summed E-state index contributed by atoms with van der Waals surface area (Å²) < 4.78 is 26.3. The van der Waals surface area contributed by atoms with E-state index in [1.807, 2.05) is 17.8 Å². The maximum absolute atomic E-state index is 12.0. The summed E-state index contributed by atoms with van der Waals surface area (Å²) in [5, 5.41) is 0. The number of rotatable bonds is 3. The molecule has 1 aliphatic rings. The molecule has 20 heavy (non-hydrogen) atoms. The SMILES string of the molecule is CN1CCc2cc(C(=O)NS(=O)(=O)N(C)C)ccc2C1. The molecule has 0 spiro atoms. The van der Waals surface area contributed by atoms with Crippen LogP contribution in [0.2, 0.25) is 0 Å². The standard InChI is InChI=1S/C13H19N3O3S/c1-15(2)20(18,19)14-13(17)11-4-5-12-9-16(3)7-6-10(12)8-11/h4-5,8H,6-7,9H2,1-3H3,(H,14,17). The van der Waals surface area contributed by atoms with Gasteiger partial charge in [-0.1, -0.05) is 6.07 Å². The number of hydrogen-bond donors (Lipinski definition) is 1. The van der Waals surface area contributed by atoms with E-state index in [0.717, 1.165) is 29.4 Å². The van der Waals surface area contributed by atoms with Gasteiger partial charge in [-0.05, 0) is 36.7 Å². The third-order valence-electron chi connectivity index (χ3n) is 3.37. The molecule has 6 nitrogen and oxygen atoms in total. The number of nitrogens with zero attached hydrogens (tertiary/aromatic N) is 2. The smallest absolute Gasteiger partial charge is 0.302 e. The van der Waals surface area contributed by atoms with E-state index >= 15 is 0 Å². The van der Waals surface area contributed by atoms with Crippen LogP contribution >= 0.6 is 0 Å². The molecule has 0 aliphatic carbocycles. The van der Waals surface area contributed by atoms with Crippen LogP contribution in [-0.2, 0) is 23.2 Å². The molecule has 0 radical (unpaired) electrons. The number of hydrogen-bond acceptors (Lipinski definition) is 4. The summed E-state index contributed by atoms with van der Waals surface area (Å²) in [6.07, 6.45) is 0.868. The largest absolute Gasteiger partial charge is 0.303 e. The molecular weight excluding hydrogens is 278 g/mol. The average molecular weight is 297 g/mol. The van der Waals surface area contributed by atoms with Crippen molar-refractivity contribution in [3.8, 4) is 0 Å². The van der Waals surface area contributed by atoms with Crippen LogP contribution in [0.5, 0.6) is 0 Å². The van der Waals surface area contributed by atoms with Gasteiger partial charge in [-0.25, -0.2) is 4.72 Å². The number of nitrogens with one attached hydrogen (secondary N) is 1. The Morgan fingerprint density at radius 3 is 2.65 bits per heavy atom. The molecule has 0 bridgehead atoms. The highest BCUT2D eigenvalue weighted by molar-refractivity contribution is 7.87. The average Bonchev–Trinajstić information content (AvgIpc) is 2.37. The molecule has 1 aliphatic heterocycles. The van der Waals surface area contributed by atoms with E-state index in [-0.39, 0.29) is 0 Å². The van der Waals surface area contributed by atoms with Crippen LogP contribution in [0.3, 0.4) is 0 Å². The first-order valence-corrected chi connectivity index (χ1v) is 7.78. The Bertz CT molecular complexity index is 626. The lowest BCUT2D eigenvalue weighted by Gasteiger charge is -2.25. The molecule has 1 heterocycles. The molecule has 1 amide bonds. The molecule has 1 aromatic carbocycles. The van der Waals surface area contributed by atoms with Crippen molar-refractivity contribution in [3.05, 3.63) is 34.9 Å². The molecule has 0 aromatic heterocycles. The fourth-order valence-electron chi connectivity index (χ4n) is 2.10. The quantitative estimate of drug-likeness (QED) is 0.866. The van der Waals surface area contributed by atoms with Crippen molar-refractivity contribution in [1.29, 1.82) is 0 Å². The second-order valence-electron chi connectivity index (χ2n) is 5.19. The van der Waals surface area contributed by atoms with Crippen LogP contribution in [0.15, 0.2) is 18.2 Å². The molecule has 0 saturated carbocycles. The third-order valence-corrected chi connectivity index (χ3v) is 4.78. The van der Waals surface area contributed by atoms with Crippen molar-refractivity contribution in [2.75, 3.05) is 27.7 Å². The lowest BCUT2D eigenvalue weighted by Crippen LogP contribution is -2.39. The summed E-state index contributed by atoms with van der Waals surface area (Å²) in [7, 11) is 1.05. The number of amides is 1. The monoisotopic (exact) mass is 297 g/mol. The Hall–Kier alpha value is -1.44. The first kappa shape index (κ1) is 15.0. The van der Waals surface area contributed by atoms with Gasteiger partial charge < -0.3 is 4.90 Å². The fraction of sp³-hybridized carbons (Fsp3) is 0.462. The lowest BCUT2D eigenvalue weighted by molar-refractivity contribution is 0.0979. The molecule has 1 N–H and O–H groups in total. The number of fused-ring (bicyclic) bond motifs is 1. The van der Waals surface area contributed by atoms with Crippen molar-refractivity contribution < 1.29 is 13.2 Å². The lowest BCUT2D eigenvalue weighted by atomic mass is 9.97. The van der Waals surface area contributed by atoms with Crippen molar-refractivity contribution in [2.45, 2.75) is 13.0 Å². The molecule has 110 valence electrons. The molecule has 0 saturated heterocycles. The van der Waals surface area contributed by atoms with Crippen LogP contribution in [0, 0.1) is 0 Å². The van der Waals surface area contributed by atoms with Crippen LogP contribution in [0.4, 0.5) is 0 Å². The van der Waals surface area contributed by atoms with E-state index in [2.05, 4.69) is 4.90 Å². The zero-order valence-electron chi connectivity index (χ0n) is 11.9. The fourth-order valence-corrected chi connectivity index (χ4v) is 2.64. The Morgan fingerprint density at radius 2 is 2.00 bits per heavy atom. The van der Waals surface area contributed by atoms with Crippen molar-refractivity contribution in [1.82, 2.24) is 13.9 Å². The molecule has 1 aromatic rings. The van der Waals surface area contributed by atoms with E-state index < -0.39 is 16.1 Å². The highest BCUT2D eigenvalue weighted by atomic mass is 32.2. The van der Waals surface area contributed by atoms with Gasteiger partial charge in [0.15, 0.2) is 0 Å². The van der Waals surface area contributed by atoms with Crippen LogP contribution < -0.4 is 4.72 Å². The molecule has 2 rings (SSSR count). The Balaban J connectivity index is 2.20. The molecule has 7 heteroatoms. The van der Waals surface area contributed by atoms with Gasteiger partial charge in [0.1, 0.15) is 0 Å². The normalized spacial score (nSPS) is 16.0. The predicted molar refractivity (Wildman–Crippen MR) is 76.6 cm³/mol. The highest BCUT2D eigenvalue weighted by Gasteiger charge is 2.20. The van der Waals surface area contributed by atoms with Gasteiger partial charge in [0.25, 0.3) is 5.91 Å². The van der Waals surface area contributed by atoms with Crippen molar-refractivity contribution >= 4 is 16.1 Å². The van der Waals surface area contributed by atoms with Crippen LogP contribution in [-0.4, -0.2) is 51.2 Å². The number of benzene rings is 1. The van der Waals surface area contributed by atoms with Gasteiger partial charge in [-0.15, -0.1) is 0 Å². The Morgan fingerprint density at radius 1 is 1.30 bits per heavy atom. The highest BCUT2D eigenvalue weighted by Crippen LogP contribution is 2.19. The van der Waals surface area contributed by atoms with Gasteiger partial charge >= 0.3 is 10.2 Å². The summed E-state index contributed by atoms with van der Waals surface area (Å²) in [4.78, 5) is 14.2. The van der Waals surface area contributed by atoms with Gasteiger partial charge in [0.05, 0.1) is 0 Å². The Labute approximate surface area is 119 Å². The number of likely N-dealkylation sites (N-methyl/N-ethyl adjacent to an activating group) is 1. The minimum atomic E-state index is -3.75. The second-order valence-corrected chi connectivity index (χ2v) is 7.07. The predicted octanol–water partition coefficient (Wildman–Crippen LogP) is 0.211. The summed E-state index contributed by atoms with van der Waals surface area (Å²) in [6, 6.07) is 5.34. The van der Waals surface area contributed by atoms with E-state index in [1.165, 1.54) is 19.7 Å². The van der Waals surface area contributed by atoms with Crippen LogP contribution in [0.1, 0.15) is 21.5 Å². The zero-order valence-corrected chi connectivity index (χ0v) is 12.7. The van der Waals surface area contributed by atoms with Gasteiger partial charge in [-0.2, -0.15) is 12.7 Å². The summed E-state index contributed by atoms with van der Waals surface area (Å²) in [5.41, 5.74) is 2.67. The maximum Gasteiger partial charge on any atom is 0.303 e. The molecule has 0 unspecified atom stereocenters. The molecule has 0 fully saturated rings. The minimum absolute atomic E-state index is 0.374. The van der Waals surface area contributed by atoms with E-state index in [0.29, 0.717) is 5.56 Å². The van der Waals surface area contributed by atoms with E-state index in [1.54, 1.807) is 12.1 Å². The van der Waals surface area contributed by atoms with Crippen molar-refractivity contribution in [2.24, 2.45) is 0 Å². The van der Waals surface area contributed by atoms with Crippen LogP contribution in [0.25, 0.3) is 0 Å². The molecular formula is C13H19N3O3S. The van der Waals surface area contributed by atoms with Gasteiger partial charge in [-0.3, -0.25) is 4.79 Å². The zero-order chi connectivity index (χ0) is 14.9.